The fraction of sp³-hybridized carbons (Fsp3) is 0.533. The summed E-state index contributed by atoms with van der Waals surface area (Å²) in [5.74, 6) is 0.280. The lowest BCUT2D eigenvalue weighted by molar-refractivity contribution is -0.123. The summed E-state index contributed by atoms with van der Waals surface area (Å²) in [5.41, 5.74) is 2.07. The third kappa shape index (κ3) is 1.67. The van der Waals surface area contributed by atoms with Crippen LogP contribution in [0.1, 0.15) is 45.1 Å². The Hall–Kier alpha value is -1.31. The number of anilines is 1. The molecule has 17 heavy (non-hydrogen) atoms. The Labute approximate surface area is 104 Å². The molecule has 0 radical (unpaired) electrons. The van der Waals surface area contributed by atoms with E-state index in [1.54, 1.807) is 0 Å². The van der Waals surface area contributed by atoms with Gasteiger partial charge in [-0.2, -0.15) is 0 Å². The first kappa shape index (κ1) is 12.2. The highest BCUT2D eigenvalue weighted by atomic mass is 16.2. The first-order valence-corrected chi connectivity index (χ1v) is 6.55. The Morgan fingerprint density at radius 1 is 1.12 bits per heavy atom. The molecule has 0 fully saturated rings. The molecule has 0 bridgehead atoms. The molecular weight excluding hydrogens is 210 g/mol. The lowest BCUT2D eigenvalue weighted by atomic mass is 9.74. The van der Waals surface area contributed by atoms with Crippen LogP contribution in [0.25, 0.3) is 0 Å². The molecule has 1 amide bonds. The number of hydrogen-bond acceptors (Lipinski definition) is 1. The van der Waals surface area contributed by atoms with E-state index >= 15 is 0 Å². The van der Waals surface area contributed by atoms with Crippen LogP contribution < -0.4 is 4.90 Å². The monoisotopic (exact) mass is 231 g/mol. The molecule has 0 aliphatic carbocycles. The van der Waals surface area contributed by atoms with Gasteiger partial charge in [0.1, 0.15) is 0 Å². The molecule has 1 aliphatic heterocycles. The van der Waals surface area contributed by atoms with Crippen molar-refractivity contribution in [1.29, 1.82) is 0 Å². The van der Waals surface area contributed by atoms with Crippen molar-refractivity contribution in [2.75, 3.05) is 11.9 Å². The summed E-state index contributed by atoms with van der Waals surface area (Å²) < 4.78 is 0. The molecule has 0 saturated carbocycles. The van der Waals surface area contributed by atoms with E-state index in [2.05, 4.69) is 26.0 Å². The topological polar surface area (TPSA) is 20.3 Å². The number of para-hydroxylation sites is 1. The molecule has 2 rings (SSSR count). The fourth-order valence-electron chi connectivity index (χ4n) is 3.18. The summed E-state index contributed by atoms with van der Waals surface area (Å²) in [5, 5.41) is 0. The maximum absolute atomic E-state index is 12.6. The highest BCUT2D eigenvalue weighted by molar-refractivity contribution is 6.07. The zero-order valence-corrected chi connectivity index (χ0v) is 11.0. The van der Waals surface area contributed by atoms with Gasteiger partial charge in [0.2, 0.25) is 5.91 Å². The van der Waals surface area contributed by atoms with E-state index in [1.165, 1.54) is 5.56 Å². The SMILES string of the molecule is CCCC1(CCC)C(=O)N(C)c2ccccc21. The number of rotatable bonds is 4. The number of carbonyl (C=O) groups is 1. The summed E-state index contributed by atoms with van der Waals surface area (Å²) in [6.45, 7) is 4.32. The number of nitrogens with zero attached hydrogens (tertiary/aromatic N) is 1. The van der Waals surface area contributed by atoms with Crippen molar-refractivity contribution in [1.82, 2.24) is 0 Å². The van der Waals surface area contributed by atoms with Gasteiger partial charge < -0.3 is 4.90 Å². The van der Waals surface area contributed by atoms with Crippen LogP contribution in [0.5, 0.6) is 0 Å². The van der Waals surface area contributed by atoms with Gasteiger partial charge in [-0.05, 0) is 24.5 Å². The van der Waals surface area contributed by atoms with Crippen LogP contribution in [0, 0.1) is 0 Å². The Kier molecular flexibility index (Phi) is 3.23. The largest absolute Gasteiger partial charge is 0.314 e. The van der Waals surface area contributed by atoms with Crippen molar-refractivity contribution in [3.63, 3.8) is 0 Å². The molecule has 1 aromatic rings. The molecule has 2 heteroatoms. The summed E-state index contributed by atoms with van der Waals surface area (Å²) in [6.07, 6.45) is 4.02. The van der Waals surface area contributed by atoms with Crippen molar-refractivity contribution in [3.05, 3.63) is 29.8 Å². The Balaban J connectivity index is 2.55. The van der Waals surface area contributed by atoms with Gasteiger partial charge >= 0.3 is 0 Å². The predicted molar refractivity (Wildman–Crippen MR) is 71.3 cm³/mol. The van der Waals surface area contributed by atoms with Gasteiger partial charge in [-0.1, -0.05) is 44.9 Å². The van der Waals surface area contributed by atoms with E-state index in [0.717, 1.165) is 31.4 Å². The van der Waals surface area contributed by atoms with Gasteiger partial charge in [0, 0.05) is 12.7 Å². The van der Waals surface area contributed by atoms with E-state index in [1.807, 2.05) is 24.1 Å². The van der Waals surface area contributed by atoms with Gasteiger partial charge in [0.15, 0.2) is 0 Å². The van der Waals surface area contributed by atoms with Crippen LogP contribution in [0.4, 0.5) is 5.69 Å². The minimum Gasteiger partial charge on any atom is -0.314 e. The van der Waals surface area contributed by atoms with Crippen LogP contribution in [0.15, 0.2) is 24.3 Å². The van der Waals surface area contributed by atoms with Gasteiger partial charge in [0.05, 0.1) is 5.41 Å². The van der Waals surface area contributed by atoms with E-state index in [9.17, 15) is 4.79 Å². The lowest BCUT2D eigenvalue weighted by Crippen LogP contribution is -2.38. The number of likely N-dealkylation sites (N-methyl/N-ethyl adjacent to an activating group) is 1. The zero-order valence-electron chi connectivity index (χ0n) is 11.0. The molecule has 0 aromatic heterocycles. The molecule has 0 N–H and O–H groups in total. The number of hydrogen-bond donors (Lipinski definition) is 0. The molecule has 0 spiro atoms. The molecule has 0 unspecified atom stereocenters. The average molecular weight is 231 g/mol. The highest BCUT2D eigenvalue weighted by Gasteiger charge is 2.47. The normalized spacial score (nSPS) is 17.4. The molecule has 1 aromatic carbocycles. The standard InChI is InChI=1S/C15H21NO/c1-4-10-15(11-5-2)12-8-6-7-9-13(12)16(3)14(15)17/h6-9H,4-5,10-11H2,1-3H3. The summed E-state index contributed by atoms with van der Waals surface area (Å²) in [6, 6.07) is 8.24. The van der Waals surface area contributed by atoms with E-state index in [4.69, 9.17) is 0 Å². The first-order valence-electron chi connectivity index (χ1n) is 6.55. The van der Waals surface area contributed by atoms with Crippen molar-refractivity contribution >= 4 is 11.6 Å². The van der Waals surface area contributed by atoms with Crippen LogP contribution in [-0.2, 0) is 10.2 Å². The quantitative estimate of drug-likeness (QED) is 0.776. The van der Waals surface area contributed by atoms with Crippen LogP contribution in [-0.4, -0.2) is 13.0 Å². The van der Waals surface area contributed by atoms with Crippen LogP contribution in [0.2, 0.25) is 0 Å². The number of benzene rings is 1. The zero-order chi connectivity index (χ0) is 12.5. The van der Waals surface area contributed by atoms with Crippen molar-refractivity contribution in [2.24, 2.45) is 0 Å². The second-order valence-corrected chi connectivity index (χ2v) is 4.96. The van der Waals surface area contributed by atoms with Crippen molar-refractivity contribution in [2.45, 2.75) is 44.9 Å². The van der Waals surface area contributed by atoms with E-state index in [-0.39, 0.29) is 11.3 Å². The molecule has 2 nitrogen and oxygen atoms in total. The Morgan fingerprint density at radius 2 is 1.71 bits per heavy atom. The van der Waals surface area contributed by atoms with Gasteiger partial charge in [-0.15, -0.1) is 0 Å². The molecule has 1 heterocycles. The van der Waals surface area contributed by atoms with Gasteiger partial charge in [0.25, 0.3) is 0 Å². The predicted octanol–water partition coefficient (Wildman–Crippen LogP) is 3.50. The second kappa shape index (κ2) is 4.52. The Bertz CT molecular complexity index is 419. The summed E-state index contributed by atoms with van der Waals surface area (Å²) >= 11 is 0. The van der Waals surface area contributed by atoms with Gasteiger partial charge in [-0.25, -0.2) is 0 Å². The molecule has 92 valence electrons. The maximum Gasteiger partial charge on any atom is 0.237 e. The third-order valence-electron chi connectivity index (χ3n) is 3.85. The number of fused-ring (bicyclic) bond motifs is 1. The second-order valence-electron chi connectivity index (χ2n) is 4.96. The summed E-state index contributed by atoms with van der Waals surface area (Å²) in [4.78, 5) is 14.4. The smallest absolute Gasteiger partial charge is 0.237 e. The molecule has 0 atom stereocenters. The maximum atomic E-state index is 12.6. The van der Waals surface area contributed by atoms with Crippen molar-refractivity contribution < 1.29 is 4.79 Å². The first-order chi connectivity index (χ1) is 8.17. The number of amides is 1. The molecule has 1 aliphatic rings. The average Bonchev–Trinajstić information content (AvgIpc) is 2.55. The molecule has 0 saturated heterocycles. The van der Waals surface area contributed by atoms with E-state index in [0.29, 0.717) is 0 Å². The summed E-state index contributed by atoms with van der Waals surface area (Å²) in [7, 11) is 1.90. The van der Waals surface area contributed by atoms with Crippen LogP contribution in [0.3, 0.4) is 0 Å². The van der Waals surface area contributed by atoms with Crippen molar-refractivity contribution in [3.8, 4) is 0 Å². The highest BCUT2D eigenvalue weighted by Crippen LogP contribution is 2.46. The fourth-order valence-corrected chi connectivity index (χ4v) is 3.18. The minimum absolute atomic E-state index is 0.255. The Morgan fingerprint density at radius 3 is 2.29 bits per heavy atom. The van der Waals surface area contributed by atoms with Crippen LogP contribution >= 0.6 is 0 Å². The third-order valence-corrected chi connectivity index (χ3v) is 3.85. The number of carbonyl (C=O) groups excluding carboxylic acids is 1. The minimum atomic E-state index is -0.255. The van der Waals surface area contributed by atoms with Gasteiger partial charge in [-0.3, -0.25) is 4.79 Å². The van der Waals surface area contributed by atoms with E-state index < -0.39 is 0 Å². The lowest BCUT2D eigenvalue weighted by Gasteiger charge is -2.27. The molecular formula is C15H21NO.